The molecule has 0 aliphatic carbocycles. The molecule has 34 heavy (non-hydrogen) atoms. The van der Waals surface area contributed by atoms with Crippen molar-refractivity contribution in [3.8, 4) is 11.1 Å². The molecule has 0 amide bonds. The van der Waals surface area contributed by atoms with Crippen LogP contribution in [0, 0.1) is 0 Å². The second-order valence-corrected chi connectivity index (χ2v) is 10.8. The van der Waals surface area contributed by atoms with E-state index >= 15 is 0 Å². The first kappa shape index (κ1) is 23.2. The Morgan fingerprint density at radius 1 is 0.647 bits per heavy atom. The monoisotopic (exact) mass is 468 g/mol. The molecule has 2 heteroatoms. The van der Waals surface area contributed by atoms with E-state index in [0.29, 0.717) is 0 Å². The van der Waals surface area contributed by atoms with E-state index in [-0.39, 0.29) is 0 Å². The van der Waals surface area contributed by atoms with Gasteiger partial charge >= 0.3 is 0 Å². The van der Waals surface area contributed by atoms with E-state index in [9.17, 15) is 0 Å². The summed E-state index contributed by atoms with van der Waals surface area (Å²) in [6, 6.07) is 24.3. The topological polar surface area (TPSA) is 13.1 Å². The molecular weight excluding hydrogens is 432 g/mol. The van der Waals surface area contributed by atoms with Crippen molar-refractivity contribution in [1.29, 1.82) is 0 Å². The lowest BCUT2D eigenvalue weighted by Crippen LogP contribution is -1.87. The van der Waals surface area contributed by atoms with Gasteiger partial charge in [-0.05, 0) is 53.8 Å². The third-order valence-electron chi connectivity index (χ3n) is 7.09. The molecule has 0 bridgehead atoms. The summed E-state index contributed by atoms with van der Waals surface area (Å²) >= 11 is 1.84. The second kappa shape index (κ2) is 11.2. The average Bonchev–Trinajstić information content (AvgIpc) is 3.41. The standard InChI is InChI=1S/C32H36OS/c1-2-3-4-5-6-7-8-9-10-11-14-24-17-19-25(20-18-24)26-21-22-28-30(23-26)34-32-27-15-12-13-16-29(27)33-31(28)32/h12-13,15-23H,2-11,14H2,1H3. The Hall–Kier alpha value is -2.58. The zero-order chi connectivity index (χ0) is 23.2. The third-order valence-corrected chi connectivity index (χ3v) is 8.26. The molecule has 0 radical (unpaired) electrons. The Morgan fingerprint density at radius 2 is 1.32 bits per heavy atom. The highest BCUT2D eigenvalue weighted by Gasteiger charge is 2.14. The van der Waals surface area contributed by atoms with Crippen molar-refractivity contribution in [1.82, 2.24) is 0 Å². The molecule has 0 saturated heterocycles. The quantitative estimate of drug-likeness (QED) is 0.166. The minimum Gasteiger partial charge on any atom is -0.454 e. The number of furan rings is 1. The molecule has 5 aromatic rings. The summed E-state index contributed by atoms with van der Waals surface area (Å²) < 4.78 is 8.72. The molecule has 0 atom stereocenters. The van der Waals surface area contributed by atoms with Crippen LogP contribution in [0.5, 0.6) is 0 Å². The number of benzene rings is 3. The van der Waals surface area contributed by atoms with Crippen molar-refractivity contribution in [2.75, 3.05) is 0 Å². The lowest BCUT2D eigenvalue weighted by Gasteiger charge is -2.06. The van der Waals surface area contributed by atoms with Crippen LogP contribution in [0.4, 0.5) is 0 Å². The van der Waals surface area contributed by atoms with Crippen LogP contribution in [-0.4, -0.2) is 0 Å². The highest BCUT2D eigenvalue weighted by Crippen LogP contribution is 2.41. The van der Waals surface area contributed by atoms with Crippen LogP contribution in [0.15, 0.2) is 71.1 Å². The molecule has 0 aliphatic rings. The molecule has 3 aromatic carbocycles. The van der Waals surface area contributed by atoms with E-state index in [0.717, 1.165) is 11.2 Å². The highest BCUT2D eigenvalue weighted by molar-refractivity contribution is 7.26. The Bertz CT molecular complexity index is 1340. The molecule has 2 heterocycles. The van der Waals surface area contributed by atoms with Crippen LogP contribution >= 0.6 is 11.3 Å². The van der Waals surface area contributed by atoms with Gasteiger partial charge in [-0.3, -0.25) is 0 Å². The number of unbranched alkanes of at least 4 members (excludes halogenated alkanes) is 9. The molecule has 0 saturated carbocycles. The van der Waals surface area contributed by atoms with Crippen molar-refractivity contribution in [3.63, 3.8) is 0 Å². The highest BCUT2D eigenvalue weighted by atomic mass is 32.1. The van der Waals surface area contributed by atoms with Crippen LogP contribution in [0.3, 0.4) is 0 Å². The maximum Gasteiger partial charge on any atom is 0.154 e. The van der Waals surface area contributed by atoms with Crippen molar-refractivity contribution in [2.45, 2.75) is 77.6 Å². The van der Waals surface area contributed by atoms with Crippen LogP contribution in [0.1, 0.15) is 76.7 Å². The molecule has 1 nitrogen and oxygen atoms in total. The third kappa shape index (κ3) is 5.23. The number of aryl methyl sites for hydroxylation is 1. The zero-order valence-electron chi connectivity index (χ0n) is 20.4. The number of hydrogen-bond acceptors (Lipinski definition) is 2. The first-order valence-electron chi connectivity index (χ1n) is 13.3. The molecular formula is C32H36OS. The van der Waals surface area contributed by atoms with Gasteiger partial charge in [0.25, 0.3) is 0 Å². The summed E-state index contributed by atoms with van der Waals surface area (Å²) in [4.78, 5) is 0. The van der Waals surface area contributed by atoms with Crippen molar-refractivity contribution in [3.05, 3.63) is 72.3 Å². The summed E-state index contributed by atoms with van der Waals surface area (Å²) in [5, 5.41) is 2.44. The zero-order valence-corrected chi connectivity index (χ0v) is 21.3. The molecule has 2 aromatic heterocycles. The van der Waals surface area contributed by atoms with Gasteiger partial charge in [0.1, 0.15) is 5.58 Å². The fraction of sp³-hybridized carbons (Fsp3) is 0.375. The maximum atomic E-state index is 6.17. The summed E-state index contributed by atoms with van der Waals surface area (Å²) in [6.07, 6.45) is 15.2. The fourth-order valence-electron chi connectivity index (χ4n) is 5.06. The van der Waals surface area contributed by atoms with Crippen LogP contribution in [0.2, 0.25) is 0 Å². The fourth-order valence-corrected chi connectivity index (χ4v) is 6.26. The van der Waals surface area contributed by atoms with Gasteiger partial charge in [0.05, 0.1) is 4.70 Å². The number of hydrogen-bond donors (Lipinski definition) is 0. The summed E-state index contributed by atoms with van der Waals surface area (Å²) in [6.45, 7) is 2.29. The molecule has 5 rings (SSSR count). The predicted molar refractivity (Wildman–Crippen MR) is 150 cm³/mol. The van der Waals surface area contributed by atoms with Crippen molar-refractivity contribution >= 4 is 42.7 Å². The van der Waals surface area contributed by atoms with Gasteiger partial charge in [-0.1, -0.05) is 107 Å². The Labute approximate surface area is 207 Å². The van der Waals surface area contributed by atoms with Gasteiger partial charge in [-0.2, -0.15) is 0 Å². The van der Waals surface area contributed by atoms with E-state index in [1.54, 1.807) is 0 Å². The van der Waals surface area contributed by atoms with Gasteiger partial charge < -0.3 is 4.42 Å². The van der Waals surface area contributed by atoms with Gasteiger partial charge in [0.2, 0.25) is 0 Å². The predicted octanol–water partition coefficient (Wildman–Crippen LogP) is 10.9. The summed E-state index contributed by atoms with van der Waals surface area (Å²) in [7, 11) is 0. The lowest BCUT2D eigenvalue weighted by molar-refractivity contribution is 0.556. The van der Waals surface area contributed by atoms with Gasteiger partial charge in [0, 0.05) is 15.5 Å². The van der Waals surface area contributed by atoms with Gasteiger partial charge in [-0.25, -0.2) is 0 Å². The number of fused-ring (bicyclic) bond motifs is 5. The summed E-state index contributed by atoms with van der Waals surface area (Å²) in [5.41, 5.74) is 6.05. The smallest absolute Gasteiger partial charge is 0.154 e. The molecule has 176 valence electrons. The minimum absolute atomic E-state index is 0.979. The van der Waals surface area contributed by atoms with Crippen molar-refractivity contribution < 1.29 is 4.42 Å². The van der Waals surface area contributed by atoms with E-state index in [1.807, 2.05) is 17.4 Å². The number of thiophene rings is 1. The Kier molecular flexibility index (Phi) is 7.65. The average molecular weight is 469 g/mol. The normalized spacial score (nSPS) is 11.8. The van der Waals surface area contributed by atoms with Crippen LogP contribution < -0.4 is 0 Å². The van der Waals surface area contributed by atoms with Crippen LogP contribution in [-0.2, 0) is 6.42 Å². The molecule has 0 unspecified atom stereocenters. The first-order chi connectivity index (χ1) is 16.8. The first-order valence-corrected chi connectivity index (χ1v) is 14.1. The minimum atomic E-state index is 0.979. The SMILES string of the molecule is CCCCCCCCCCCCc1ccc(-c2ccc3c(c2)sc2c4ccccc4oc32)cc1. The van der Waals surface area contributed by atoms with E-state index < -0.39 is 0 Å². The van der Waals surface area contributed by atoms with Gasteiger partial charge in [-0.15, -0.1) is 11.3 Å². The number of para-hydroxylation sites is 1. The van der Waals surface area contributed by atoms with Gasteiger partial charge in [0.15, 0.2) is 5.58 Å². The Balaban J connectivity index is 1.15. The molecule has 0 spiro atoms. The van der Waals surface area contributed by atoms with E-state index in [2.05, 4.69) is 67.6 Å². The molecule has 0 aliphatic heterocycles. The summed E-state index contributed by atoms with van der Waals surface area (Å²) in [5.74, 6) is 0. The lowest BCUT2D eigenvalue weighted by atomic mass is 10.00. The molecule has 0 fully saturated rings. The largest absolute Gasteiger partial charge is 0.454 e. The van der Waals surface area contributed by atoms with E-state index in [1.165, 1.54) is 107 Å². The maximum absolute atomic E-state index is 6.17. The van der Waals surface area contributed by atoms with Crippen LogP contribution in [0.25, 0.3) is 42.5 Å². The number of rotatable bonds is 12. The van der Waals surface area contributed by atoms with Crippen molar-refractivity contribution in [2.24, 2.45) is 0 Å². The second-order valence-electron chi connectivity index (χ2n) is 9.70. The van der Waals surface area contributed by atoms with E-state index in [4.69, 9.17) is 4.42 Å². The Morgan fingerprint density at radius 3 is 2.09 bits per heavy atom. The molecule has 0 N–H and O–H groups in total.